The minimum Gasteiger partial charge on any atom is -0.441 e. The molecule has 1 atom stereocenters. The minimum atomic E-state index is -3.27. The Kier molecular flexibility index (Phi) is 5.09. The third kappa shape index (κ3) is 4.08. The zero-order chi connectivity index (χ0) is 21.5. The number of carbonyl (C=O) groups excluding carboxylic acids is 1. The van der Waals surface area contributed by atoms with Crippen molar-refractivity contribution >= 4 is 25.0 Å². The highest BCUT2D eigenvalue weighted by molar-refractivity contribution is 6.12. The fourth-order valence-corrected chi connectivity index (χ4v) is 3.68. The van der Waals surface area contributed by atoms with Gasteiger partial charge in [0.05, 0.1) is 5.69 Å². The van der Waals surface area contributed by atoms with Crippen LogP contribution in [0.2, 0.25) is 0 Å². The fourth-order valence-electron chi connectivity index (χ4n) is 3.68. The molecule has 0 N–H and O–H groups in total. The molecule has 0 bridgehead atoms. The Morgan fingerprint density at radius 3 is 2.67 bits per heavy atom. The summed E-state index contributed by atoms with van der Waals surface area (Å²) >= 11 is 0. The topological polar surface area (TPSA) is 77.6 Å². The fraction of sp³-hybridized carbons (Fsp3) is 0.350. The van der Waals surface area contributed by atoms with Gasteiger partial charge in [-0.25, -0.2) is 14.3 Å². The molecule has 4 rings (SSSR count). The number of carbonyl (C=O) groups is 1. The van der Waals surface area contributed by atoms with Crippen molar-refractivity contribution in [2.24, 2.45) is 0 Å². The normalized spacial score (nSPS) is 16.9. The first kappa shape index (κ1) is 20.1. The number of aromatic nitrogens is 2. The summed E-state index contributed by atoms with van der Waals surface area (Å²) in [7, 11) is 0.665. The van der Waals surface area contributed by atoms with E-state index >= 15 is 0 Å². The van der Waals surface area contributed by atoms with Crippen molar-refractivity contribution in [2.75, 3.05) is 6.54 Å². The maximum absolute atomic E-state index is 13.0. The molecular formula is C20H20BF2N3O4. The summed E-state index contributed by atoms with van der Waals surface area (Å²) in [4.78, 5) is 31.2. The van der Waals surface area contributed by atoms with Crippen LogP contribution in [0, 0.1) is 0 Å². The summed E-state index contributed by atoms with van der Waals surface area (Å²) in [6.45, 7) is 2.51. The molecule has 10 heteroatoms. The zero-order valence-corrected chi connectivity index (χ0v) is 16.6. The van der Waals surface area contributed by atoms with Gasteiger partial charge in [-0.1, -0.05) is 0 Å². The van der Waals surface area contributed by atoms with E-state index in [2.05, 4.69) is 9.72 Å². The molecule has 1 unspecified atom stereocenters. The van der Waals surface area contributed by atoms with Crippen molar-refractivity contribution in [1.29, 1.82) is 0 Å². The average Bonchev–Trinajstić information content (AvgIpc) is 3.24. The average molecular weight is 415 g/mol. The largest absolute Gasteiger partial charge is 0.441 e. The van der Waals surface area contributed by atoms with Crippen LogP contribution in [-0.2, 0) is 11.3 Å². The van der Waals surface area contributed by atoms with E-state index in [0.29, 0.717) is 25.6 Å². The van der Waals surface area contributed by atoms with Crippen LogP contribution in [0.3, 0.4) is 0 Å². The molecule has 3 heterocycles. The number of fused-ring (bicyclic) bond motifs is 1. The number of rotatable bonds is 5. The van der Waals surface area contributed by atoms with Crippen LogP contribution in [0.4, 0.5) is 8.78 Å². The van der Waals surface area contributed by atoms with Gasteiger partial charge in [0.25, 0.3) is 0 Å². The minimum absolute atomic E-state index is 0.0258. The van der Waals surface area contributed by atoms with Gasteiger partial charge < -0.3 is 14.1 Å². The molecule has 30 heavy (non-hydrogen) atoms. The number of likely N-dealkylation sites (tertiary alicyclic amines) is 1. The van der Waals surface area contributed by atoms with E-state index in [1.54, 1.807) is 29.2 Å². The standard InChI is InChI=1S/C20H20BF2N3O4/c1-12-3-2-10-25(12)17(27)11-26-18-16(29-19(26)28)9-8-15(24-18)13-4-6-14(7-5-13)30-20(21,22)23/h4-9,12H,2-3,10-11,21H2,1H3. The number of ether oxygens (including phenoxy) is 1. The maximum Gasteiger partial charge on any atom is 0.421 e. The Labute approximate surface area is 171 Å². The molecule has 2 aromatic heterocycles. The van der Waals surface area contributed by atoms with E-state index in [-0.39, 0.29) is 35.5 Å². The van der Waals surface area contributed by atoms with E-state index in [0.717, 1.165) is 12.8 Å². The monoisotopic (exact) mass is 415 g/mol. The third-order valence-corrected chi connectivity index (χ3v) is 5.13. The molecule has 1 aliphatic heterocycles. The molecule has 3 aromatic rings. The lowest BCUT2D eigenvalue weighted by molar-refractivity contribution is -0.132. The number of benzene rings is 1. The van der Waals surface area contributed by atoms with Gasteiger partial charge in [0.2, 0.25) is 13.8 Å². The van der Waals surface area contributed by atoms with Crippen LogP contribution in [0.1, 0.15) is 19.8 Å². The van der Waals surface area contributed by atoms with E-state index in [4.69, 9.17) is 4.42 Å². The SMILES string of the molecule is BC(F)(F)Oc1ccc(-c2ccc3oc(=O)n(CC(=O)N4CCCC4C)c3n2)cc1. The number of alkyl halides is 2. The van der Waals surface area contributed by atoms with Gasteiger partial charge in [-0.15, -0.1) is 0 Å². The van der Waals surface area contributed by atoms with Crippen molar-refractivity contribution in [2.45, 2.75) is 38.4 Å². The Hall–Kier alpha value is -3.17. The molecule has 1 aliphatic rings. The van der Waals surface area contributed by atoms with Crippen LogP contribution in [0.25, 0.3) is 22.5 Å². The summed E-state index contributed by atoms with van der Waals surface area (Å²) in [6, 6.07) is 6.15. The van der Waals surface area contributed by atoms with Crippen LogP contribution >= 0.6 is 0 Å². The molecular weight excluding hydrogens is 395 g/mol. The smallest absolute Gasteiger partial charge is 0.421 e. The van der Waals surface area contributed by atoms with E-state index in [1.807, 2.05) is 6.92 Å². The number of oxazole rings is 1. The molecule has 1 saturated heterocycles. The Bertz CT molecular complexity index is 1140. The molecule has 1 amide bonds. The van der Waals surface area contributed by atoms with E-state index < -0.39 is 11.8 Å². The molecule has 0 saturated carbocycles. The number of pyridine rings is 1. The van der Waals surface area contributed by atoms with Crippen molar-refractivity contribution < 1.29 is 22.7 Å². The van der Waals surface area contributed by atoms with Crippen LogP contribution in [0.5, 0.6) is 5.75 Å². The number of hydrogen-bond donors (Lipinski definition) is 0. The third-order valence-electron chi connectivity index (χ3n) is 5.13. The molecule has 1 aromatic carbocycles. The predicted octanol–water partition coefficient (Wildman–Crippen LogP) is 2.23. The number of halogens is 2. The first-order valence-electron chi connectivity index (χ1n) is 9.68. The molecule has 7 nitrogen and oxygen atoms in total. The lowest BCUT2D eigenvalue weighted by atomic mass is 10.1. The van der Waals surface area contributed by atoms with Crippen LogP contribution < -0.4 is 10.5 Å². The summed E-state index contributed by atoms with van der Waals surface area (Å²) in [5, 5.41) is 0. The Morgan fingerprint density at radius 1 is 1.30 bits per heavy atom. The van der Waals surface area contributed by atoms with Crippen molar-refractivity contribution in [1.82, 2.24) is 14.5 Å². The highest BCUT2D eigenvalue weighted by Crippen LogP contribution is 2.25. The van der Waals surface area contributed by atoms with E-state index in [1.165, 1.54) is 16.7 Å². The van der Waals surface area contributed by atoms with Crippen LogP contribution in [-0.4, -0.2) is 46.8 Å². The van der Waals surface area contributed by atoms with Crippen molar-refractivity contribution in [3.8, 4) is 17.0 Å². The first-order chi connectivity index (χ1) is 14.2. The molecule has 0 radical (unpaired) electrons. The van der Waals surface area contributed by atoms with Crippen molar-refractivity contribution in [3.05, 3.63) is 46.9 Å². The van der Waals surface area contributed by atoms with Gasteiger partial charge in [-0.3, -0.25) is 4.79 Å². The lowest BCUT2D eigenvalue weighted by Crippen LogP contribution is -2.37. The lowest BCUT2D eigenvalue weighted by Gasteiger charge is -2.21. The highest BCUT2D eigenvalue weighted by Gasteiger charge is 2.27. The molecule has 1 fully saturated rings. The highest BCUT2D eigenvalue weighted by atomic mass is 19.3. The Morgan fingerprint density at radius 2 is 2.03 bits per heavy atom. The number of amides is 1. The second-order valence-corrected chi connectivity index (χ2v) is 7.48. The molecule has 0 aliphatic carbocycles. The number of nitrogens with zero attached hydrogens (tertiary/aromatic N) is 3. The summed E-state index contributed by atoms with van der Waals surface area (Å²) < 4.78 is 36.9. The van der Waals surface area contributed by atoms with Gasteiger partial charge in [0.15, 0.2) is 11.2 Å². The maximum atomic E-state index is 13.0. The summed E-state index contributed by atoms with van der Waals surface area (Å²) in [5.41, 5.74) is 1.69. The second-order valence-electron chi connectivity index (χ2n) is 7.48. The van der Waals surface area contributed by atoms with E-state index in [9.17, 15) is 18.4 Å². The van der Waals surface area contributed by atoms with Gasteiger partial charge >= 0.3 is 11.8 Å². The Balaban J connectivity index is 1.63. The van der Waals surface area contributed by atoms with Gasteiger partial charge in [-0.05, 0) is 56.2 Å². The second kappa shape index (κ2) is 7.58. The number of hydrogen-bond acceptors (Lipinski definition) is 5. The summed E-state index contributed by atoms with van der Waals surface area (Å²) in [6.07, 6.45) is 1.89. The first-order valence-corrected chi connectivity index (χ1v) is 9.68. The summed E-state index contributed by atoms with van der Waals surface area (Å²) in [5.74, 6) is -0.777. The molecule has 0 spiro atoms. The predicted molar refractivity (Wildman–Crippen MR) is 108 cm³/mol. The zero-order valence-electron chi connectivity index (χ0n) is 16.6. The quantitative estimate of drug-likeness (QED) is 0.598. The van der Waals surface area contributed by atoms with Gasteiger partial charge in [0.1, 0.15) is 12.3 Å². The van der Waals surface area contributed by atoms with Gasteiger partial charge in [-0.2, -0.15) is 8.78 Å². The van der Waals surface area contributed by atoms with Crippen LogP contribution in [0.15, 0.2) is 45.6 Å². The van der Waals surface area contributed by atoms with Gasteiger partial charge in [0, 0.05) is 18.2 Å². The van der Waals surface area contributed by atoms with Crippen molar-refractivity contribution in [3.63, 3.8) is 0 Å². The molecule has 156 valence electrons.